The molecule has 0 aliphatic carbocycles. The van der Waals surface area contributed by atoms with E-state index in [2.05, 4.69) is 29.0 Å². The van der Waals surface area contributed by atoms with Crippen LogP contribution in [0.2, 0.25) is 0 Å². The second kappa shape index (κ2) is 12.7. The molecular weight excluding hydrogens is 308 g/mol. The Morgan fingerprint density at radius 1 is 0.880 bits per heavy atom. The molecule has 0 saturated heterocycles. The van der Waals surface area contributed by atoms with Crippen LogP contribution in [0.1, 0.15) is 89.9 Å². The highest BCUT2D eigenvalue weighted by Crippen LogP contribution is 2.15. The minimum atomic E-state index is 0.730. The standard InChI is InChI=1S/C22H34N2O/c1-2-3-4-5-6-7-8-9-10-11-12-13-14-15-18-21-24-22-20(25-21)17-16-19-23-22/h9-10,16-17,19H,2-8,11-15,18H2,1H3. The van der Waals surface area contributed by atoms with Gasteiger partial charge in [0.2, 0.25) is 0 Å². The lowest BCUT2D eigenvalue weighted by Crippen LogP contribution is -1.86. The number of nitrogens with zero attached hydrogens (tertiary/aromatic N) is 2. The van der Waals surface area contributed by atoms with Crippen molar-refractivity contribution in [1.82, 2.24) is 9.97 Å². The molecular formula is C22H34N2O. The van der Waals surface area contributed by atoms with Crippen LogP contribution in [0.25, 0.3) is 11.2 Å². The largest absolute Gasteiger partial charge is 0.439 e. The molecule has 0 aliphatic rings. The normalized spacial score (nSPS) is 11.7. The highest BCUT2D eigenvalue weighted by molar-refractivity contribution is 5.66. The third-order valence-electron chi connectivity index (χ3n) is 4.61. The van der Waals surface area contributed by atoms with Crippen molar-refractivity contribution in [3.63, 3.8) is 0 Å². The summed E-state index contributed by atoms with van der Waals surface area (Å²) in [4.78, 5) is 8.63. The van der Waals surface area contributed by atoms with Crippen molar-refractivity contribution >= 4 is 11.2 Å². The first-order valence-corrected chi connectivity index (χ1v) is 10.3. The van der Waals surface area contributed by atoms with Crippen molar-refractivity contribution in [3.8, 4) is 0 Å². The van der Waals surface area contributed by atoms with Crippen LogP contribution in [-0.4, -0.2) is 9.97 Å². The van der Waals surface area contributed by atoms with E-state index in [1.165, 1.54) is 70.6 Å². The molecule has 3 heteroatoms. The molecule has 138 valence electrons. The number of aromatic nitrogens is 2. The van der Waals surface area contributed by atoms with Crippen molar-refractivity contribution in [3.05, 3.63) is 36.4 Å². The van der Waals surface area contributed by atoms with Crippen LogP contribution < -0.4 is 0 Å². The fourth-order valence-electron chi connectivity index (χ4n) is 3.09. The summed E-state index contributed by atoms with van der Waals surface area (Å²) in [5, 5.41) is 0. The van der Waals surface area contributed by atoms with E-state index in [9.17, 15) is 0 Å². The van der Waals surface area contributed by atoms with Crippen LogP contribution in [0.15, 0.2) is 34.9 Å². The Hall–Kier alpha value is -1.64. The SMILES string of the molecule is CCCCCCCCC=CCCCCCCc1nc2ncccc2o1. The first kappa shape index (κ1) is 19.7. The Bertz CT molecular complexity index is 570. The lowest BCUT2D eigenvalue weighted by molar-refractivity contribution is 0.508. The van der Waals surface area contributed by atoms with Crippen LogP contribution in [0.3, 0.4) is 0 Å². The van der Waals surface area contributed by atoms with Crippen molar-refractivity contribution in [2.45, 2.75) is 90.4 Å². The van der Waals surface area contributed by atoms with Crippen LogP contribution in [0, 0.1) is 0 Å². The number of aryl methyl sites for hydroxylation is 1. The molecule has 0 unspecified atom stereocenters. The Labute approximate surface area is 152 Å². The Kier molecular flexibility index (Phi) is 9.99. The Balaban J connectivity index is 1.41. The molecule has 2 aromatic heterocycles. The third-order valence-corrected chi connectivity index (χ3v) is 4.61. The van der Waals surface area contributed by atoms with Gasteiger partial charge in [-0.2, -0.15) is 4.98 Å². The lowest BCUT2D eigenvalue weighted by Gasteiger charge is -1.99. The van der Waals surface area contributed by atoms with Gasteiger partial charge in [0, 0.05) is 12.6 Å². The maximum absolute atomic E-state index is 5.70. The number of oxazole rings is 1. The van der Waals surface area contributed by atoms with Gasteiger partial charge in [0.1, 0.15) is 0 Å². The molecule has 0 amide bonds. The van der Waals surface area contributed by atoms with E-state index in [4.69, 9.17) is 4.42 Å². The highest BCUT2D eigenvalue weighted by Gasteiger charge is 2.05. The highest BCUT2D eigenvalue weighted by atomic mass is 16.3. The van der Waals surface area contributed by atoms with Gasteiger partial charge in [0.25, 0.3) is 0 Å². The molecule has 0 radical (unpaired) electrons. The molecule has 2 rings (SSSR count). The first-order valence-electron chi connectivity index (χ1n) is 10.3. The second-order valence-electron chi connectivity index (χ2n) is 6.91. The Morgan fingerprint density at radius 2 is 1.56 bits per heavy atom. The molecule has 2 heterocycles. The summed E-state index contributed by atoms with van der Waals surface area (Å²) >= 11 is 0. The molecule has 0 aromatic carbocycles. The predicted molar refractivity (Wildman–Crippen MR) is 106 cm³/mol. The number of pyridine rings is 1. The fraction of sp³-hybridized carbons (Fsp3) is 0.636. The van der Waals surface area contributed by atoms with Gasteiger partial charge >= 0.3 is 0 Å². The van der Waals surface area contributed by atoms with Crippen LogP contribution in [0.4, 0.5) is 0 Å². The zero-order chi connectivity index (χ0) is 17.6. The predicted octanol–water partition coefficient (Wildman–Crippen LogP) is 7.02. The molecule has 3 nitrogen and oxygen atoms in total. The monoisotopic (exact) mass is 342 g/mol. The number of allylic oxidation sites excluding steroid dienone is 2. The van der Waals surface area contributed by atoms with E-state index in [0.29, 0.717) is 0 Å². The molecule has 2 aromatic rings. The van der Waals surface area contributed by atoms with Gasteiger partial charge in [0.05, 0.1) is 0 Å². The number of hydrogen-bond acceptors (Lipinski definition) is 3. The summed E-state index contributed by atoms with van der Waals surface area (Å²) in [6.07, 6.45) is 23.2. The number of rotatable bonds is 14. The third kappa shape index (κ3) is 8.33. The molecule has 0 aliphatic heterocycles. The van der Waals surface area contributed by atoms with E-state index >= 15 is 0 Å². The van der Waals surface area contributed by atoms with Gasteiger partial charge in [0.15, 0.2) is 17.1 Å². The first-order chi connectivity index (χ1) is 12.4. The molecule has 0 spiro atoms. The lowest BCUT2D eigenvalue weighted by atomic mass is 10.1. The Morgan fingerprint density at radius 3 is 2.28 bits per heavy atom. The van der Waals surface area contributed by atoms with E-state index in [0.717, 1.165) is 30.0 Å². The minimum absolute atomic E-state index is 0.730. The number of hydrogen-bond donors (Lipinski definition) is 0. The van der Waals surface area contributed by atoms with E-state index in [1.54, 1.807) is 6.20 Å². The molecule has 0 N–H and O–H groups in total. The molecule has 0 fully saturated rings. The van der Waals surface area contributed by atoms with Crippen LogP contribution in [-0.2, 0) is 6.42 Å². The zero-order valence-corrected chi connectivity index (χ0v) is 15.9. The van der Waals surface area contributed by atoms with Crippen molar-refractivity contribution in [1.29, 1.82) is 0 Å². The van der Waals surface area contributed by atoms with Gasteiger partial charge in [-0.05, 0) is 44.2 Å². The van der Waals surface area contributed by atoms with Gasteiger partial charge in [-0.25, -0.2) is 4.98 Å². The minimum Gasteiger partial charge on any atom is -0.439 e. The summed E-state index contributed by atoms with van der Waals surface area (Å²) in [6, 6.07) is 3.81. The topological polar surface area (TPSA) is 38.9 Å². The van der Waals surface area contributed by atoms with Crippen molar-refractivity contribution in [2.75, 3.05) is 0 Å². The average molecular weight is 343 g/mol. The summed E-state index contributed by atoms with van der Waals surface area (Å²) in [5.74, 6) is 0.826. The van der Waals surface area contributed by atoms with Gasteiger partial charge in [-0.1, -0.05) is 64.0 Å². The summed E-state index contributed by atoms with van der Waals surface area (Å²) in [6.45, 7) is 2.27. The zero-order valence-electron chi connectivity index (χ0n) is 15.9. The molecule has 0 atom stereocenters. The average Bonchev–Trinajstić information content (AvgIpc) is 3.05. The van der Waals surface area contributed by atoms with Gasteiger partial charge in [-0.3, -0.25) is 0 Å². The number of fused-ring (bicyclic) bond motifs is 1. The van der Waals surface area contributed by atoms with Crippen molar-refractivity contribution < 1.29 is 4.42 Å². The fourth-order valence-corrected chi connectivity index (χ4v) is 3.09. The quantitative estimate of drug-likeness (QED) is 0.273. The summed E-state index contributed by atoms with van der Waals surface area (Å²) in [7, 11) is 0. The van der Waals surface area contributed by atoms with Crippen LogP contribution >= 0.6 is 0 Å². The van der Waals surface area contributed by atoms with Gasteiger partial charge < -0.3 is 4.42 Å². The smallest absolute Gasteiger partial charge is 0.198 e. The molecule has 25 heavy (non-hydrogen) atoms. The maximum atomic E-state index is 5.70. The van der Waals surface area contributed by atoms with E-state index < -0.39 is 0 Å². The maximum Gasteiger partial charge on any atom is 0.198 e. The van der Waals surface area contributed by atoms with Crippen LogP contribution in [0.5, 0.6) is 0 Å². The van der Waals surface area contributed by atoms with E-state index in [-0.39, 0.29) is 0 Å². The van der Waals surface area contributed by atoms with Crippen molar-refractivity contribution in [2.24, 2.45) is 0 Å². The molecule has 0 bridgehead atoms. The molecule has 0 saturated carbocycles. The van der Waals surface area contributed by atoms with E-state index in [1.807, 2.05) is 12.1 Å². The second-order valence-corrected chi connectivity index (χ2v) is 6.91. The number of unbranched alkanes of at least 4 members (excludes halogenated alkanes) is 10. The summed E-state index contributed by atoms with van der Waals surface area (Å²) in [5.41, 5.74) is 1.53. The van der Waals surface area contributed by atoms with Gasteiger partial charge in [-0.15, -0.1) is 0 Å². The summed E-state index contributed by atoms with van der Waals surface area (Å²) < 4.78 is 5.70.